The SMILES string of the molecule is COCOc1cc(C(F)F)ccc1-c1nnc(NC2CN3CCC2CC3)c2ccccc12. The number of hydrogen-bond acceptors (Lipinski definition) is 6. The van der Waals surface area contributed by atoms with Crippen molar-refractivity contribution in [2.24, 2.45) is 5.92 Å². The number of aromatic nitrogens is 2. The highest BCUT2D eigenvalue weighted by Gasteiger charge is 2.34. The zero-order chi connectivity index (χ0) is 22.1. The molecule has 1 N–H and O–H groups in total. The van der Waals surface area contributed by atoms with Gasteiger partial charge in [0.25, 0.3) is 6.43 Å². The summed E-state index contributed by atoms with van der Waals surface area (Å²) in [5.41, 5.74) is 1.08. The van der Waals surface area contributed by atoms with Crippen LogP contribution in [0.25, 0.3) is 22.0 Å². The molecule has 1 atom stereocenters. The number of methoxy groups -OCH3 is 1. The van der Waals surface area contributed by atoms with Gasteiger partial charge in [0, 0.05) is 41.6 Å². The summed E-state index contributed by atoms with van der Waals surface area (Å²) in [6, 6.07) is 12.6. The van der Waals surface area contributed by atoms with Crippen LogP contribution in [0.15, 0.2) is 42.5 Å². The van der Waals surface area contributed by atoms with E-state index in [0.29, 0.717) is 29.0 Å². The molecule has 2 bridgehead atoms. The smallest absolute Gasteiger partial charge is 0.263 e. The van der Waals surface area contributed by atoms with Crippen molar-refractivity contribution in [1.82, 2.24) is 15.1 Å². The van der Waals surface area contributed by atoms with E-state index in [0.717, 1.165) is 23.1 Å². The fourth-order valence-electron chi connectivity index (χ4n) is 4.83. The number of nitrogens with zero attached hydrogens (tertiary/aromatic N) is 3. The lowest BCUT2D eigenvalue weighted by Gasteiger charge is -2.45. The second kappa shape index (κ2) is 8.96. The van der Waals surface area contributed by atoms with Crippen LogP contribution in [-0.2, 0) is 4.74 Å². The van der Waals surface area contributed by atoms with Gasteiger partial charge in [0.15, 0.2) is 12.6 Å². The van der Waals surface area contributed by atoms with E-state index in [1.54, 1.807) is 6.07 Å². The normalized spacial score (nSPS) is 22.4. The fraction of sp³-hybridized carbons (Fsp3) is 0.417. The Morgan fingerprint density at radius 2 is 1.88 bits per heavy atom. The van der Waals surface area contributed by atoms with E-state index in [4.69, 9.17) is 9.47 Å². The molecule has 3 aliphatic rings. The van der Waals surface area contributed by atoms with Crippen LogP contribution in [0.1, 0.15) is 24.8 Å². The Morgan fingerprint density at radius 1 is 1.09 bits per heavy atom. The lowest BCUT2D eigenvalue weighted by atomic mass is 9.84. The zero-order valence-corrected chi connectivity index (χ0v) is 17.9. The molecule has 4 heterocycles. The van der Waals surface area contributed by atoms with Gasteiger partial charge in [-0.05, 0) is 44.0 Å². The van der Waals surface area contributed by atoms with Crippen LogP contribution >= 0.6 is 0 Å². The molecule has 2 aromatic carbocycles. The molecule has 1 unspecified atom stereocenters. The predicted molar refractivity (Wildman–Crippen MR) is 119 cm³/mol. The summed E-state index contributed by atoms with van der Waals surface area (Å²) in [6.07, 6.45) is -0.180. The van der Waals surface area contributed by atoms with Crippen molar-refractivity contribution < 1.29 is 18.3 Å². The minimum Gasteiger partial charge on any atom is -0.467 e. The third-order valence-corrected chi connectivity index (χ3v) is 6.51. The lowest BCUT2D eigenvalue weighted by Crippen LogP contribution is -2.53. The maximum atomic E-state index is 13.3. The number of rotatable bonds is 7. The molecule has 6 nitrogen and oxygen atoms in total. The van der Waals surface area contributed by atoms with Gasteiger partial charge < -0.3 is 19.7 Å². The fourth-order valence-corrected chi connectivity index (χ4v) is 4.83. The minimum atomic E-state index is -2.59. The Bertz CT molecular complexity index is 1100. The first-order valence-corrected chi connectivity index (χ1v) is 10.9. The van der Waals surface area contributed by atoms with Gasteiger partial charge in [-0.2, -0.15) is 0 Å². The van der Waals surface area contributed by atoms with Crippen molar-refractivity contribution in [3.8, 4) is 17.0 Å². The molecule has 0 aliphatic carbocycles. The Balaban J connectivity index is 1.54. The molecule has 6 rings (SSSR count). The number of alkyl halides is 2. The van der Waals surface area contributed by atoms with Crippen LogP contribution in [0.2, 0.25) is 0 Å². The highest BCUT2D eigenvalue weighted by Crippen LogP contribution is 2.38. The molecule has 3 fully saturated rings. The summed E-state index contributed by atoms with van der Waals surface area (Å²) in [5, 5.41) is 14.5. The summed E-state index contributed by atoms with van der Waals surface area (Å²) >= 11 is 0. The number of hydrogen-bond donors (Lipinski definition) is 1. The average Bonchev–Trinajstić information content (AvgIpc) is 2.83. The van der Waals surface area contributed by atoms with Crippen LogP contribution in [0.4, 0.5) is 14.6 Å². The minimum absolute atomic E-state index is 0.0513. The first-order chi connectivity index (χ1) is 15.6. The summed E-state index contributed by atoms with van der Waals surface area (Å²) < 4.78 is 37.2. The molecule has 168 valence electrons. The van der Waals surface area contributed by atoms with Gasteiger partial charge >= 0.3 is 0 Å². The maximum absolute atomic E-state index is 13.3. The Hall–Kier alpha value is -2.84. The highest BCUT2D eigenvalue weighted by molar-refractivity contribution is 6.01. The van der Waals surface area contributed by atoms with Gasteiger partial charge in [0.2, 0.25) is 0 Å². The Labute approximate surface area is 185 Å². The van der Waals surface area contributed by atoms with E-state index in [1.807, 2.05) is 24.3 Å². The second-order valence-corrected chi connectivity index (χ2v) is 8.44. The molecule has 8 heteroatoms. The lowest BCUT2D eigenvalue weighted by molar-refractivity contribution is 0.0511. The van der Waals surface area contributed by atoms with Crippen LogP contribution < -0.4 is 10.1 Å². The van der Waals surface area contributed by atoms with E-state index in [1.165, 1.54) is 45.2 Å². The predicted octanol–water partition coefficient (Wildman–Crippen LogP) is 4.72. The molecular formula is C24H26F2N4O2. The van der Waals surface area contributed by atoms with Crippen molar-refractivity contribution in [1.29, 1.82) is 0 Å². The Morgan fingerprint density at radius 3 is 2.56 bits per heavy atom. The van der Waals surface area contributed by atoms with Gasteiger partial charge in [-0.1, -0.05) is 30.3 Å². The maximum Gasteiger partial charge on any atom is 0.263 e. The molecule has 0 spiro atoms. The number of ether oxygens (including phenoxy) is 2. The summed E-state index contributed by atoms with van der Waals surface area (Å²) in [5.74, 6) is 1.70. The van der Waals surface area contributed by atoms with Gasteiger partial charge in [0.05, 0.1) is 0 Å². The monoisotopic (exact) mass is 440 g/mol. The topological polar surface area (TPSA) is 59.5 Å². The van der Waals surface area contributed by atoms with E-state index in [-0.39, 0.29) is 12.4 Å². The first kappa shape index (κ1) is 21.0. The third kappa shape index (κ3) is 4.00. The number of nitrogens with one attached hydrogen (secondary N) is 1. The first-order valence-electron chi connectivity index (χ1n) is 10.9. The van der Waals surface area contributed by atoms with Gasteiger partial charge in [0.1, 0.15) is 11.4 Å². The van der Waals surface area contributed by atoms with Crippen molar-refractivity contribution in [2.45, 2.75) is 25.3 Å². The van der Waals surface area contributed by atoms with E-state index < -0.39 is 6.43 Å². The van der Waals surface area contributed by atoms with Crippen LogP contribution in [0, 0.1) is 5.92 Å². The molecule has 0 radical (unpaired) electrons. The van der Waals surface area contributed by atoms with Crippen LogP contribution in [-0.4, -0.2) is 54.7 Å². The molecule has 3 saturated heterocycles. The third-order valence-electron chi connectivity index (χ3n) is 6.51. The van der Waals surface area contributed by atoms with E-state index >= 15 is 0 Å². The average molecular weight is 440 g/mol. The molecule has 32 heavy (non-hydrogen) atoms. The number of halogens is 2. The standard InChI is InChI=1S/C24H26F2N4O2/c1-31-14-32-21-12-16(23(25)26)6-7-19(21)22-17-4-2-3-5-18(17)24(29-28-22)27-20-13-30-10-8-15(20)9-11-30/h2-7,12,15,20,23H,8-11,13-14H2,1H3,(H,27,29). The Kier molecular flexibility index (Phi) is 5.89. The number of anilines is 1. The van der Waals surface area contributed by atoms with Crippen molar-refractivity contribution in [2.75, 3.05) is 38.9 Å². The molecule has 0 saturated carbocycles. The summed E-state index contributed by atoms with van der Waals surface area (Å²) in [6.45, 7) is 3.32. The molecule has 3 aromatic rings. The summed E-state index contributed by atoms with van der Waals surface area (Å²) in [7, 11) is 1.49. The highest BCUT2D eigenvalue weighted by atomic mass is 19.3. The molecule has 0 amide bonds. The summed E-state index contributed by atoms with van der Waals surface area (Å²) in [4.78, 5) is 2.49. The quantitative estimate of drug-likeness (QED) is 0.537. The largest absolute Gasteiger partial charge is 0.467 e. The molecule has 1 aromatic heterocycles. The zero-order valence-electron chi connectivity index (χ0n) is 17.9. The van der Waals surface area contributed by atoms with E-state index in [9.17, 15) is 8.78 Å². The van der Waals surface area contributed by atoms with Crippen molar-refractivity contribution >= 4 is 16.6 Å². The number of piperidine rings is 3. The molecule has 3 aliphatic heterocycles. The number of fused-ring (bicyclic) bond motifs is 4. The van der Waals surface area contributed by atoms with Crippen LogP contribution in [0.3, 0.4) is 0 Å². The van der Waals surface area contributed by atoms with Crippen molar-refractivity contribution in [3.63, 3.8) is 0 Å². The van der Waals surface area contributed by atoms with Gasteiger partial charge in [-0.3, -0.25) is 0 Å². The number of benzene rings is 2. The van der Waals surface area contributed by atoms with Crippen molar-refractivity contribution in [3.05, 3.63) is 48.0 Å². The van der Waals surface area contributed by atoms with Gasteiger partial charge in [-0.25, -0.2) is 8.78 Å². The van der Waals surface area contributed by atoms with Gasteiger partial charge in [-0.15, -0.1) is 10.2 Å². The van der Waals surface area contributed by atoms with E-state index in [2.05, 4.69) is 20.4 Å². The second-order valence-electron chi connectivity index (χ2n) is 8.44. The van der Waals surface area contributed by atoms with Crippen LogP contribution in [0.5, 0.6) is 5.75 Å². The molecular weight excluding hydrogens is 414 g/mol.